The Morgan fingerprint density at radius 2 is 2.04 bits per heavy atom. The molecule has 6 heteroatoms. The van der Waals surface area contributed by atoms with Crippen molar-refractivity contribution in [3.8, 4) is 17.2 Å². The molecule has 0 bridgehead atoms. The van der Waals surface area contributed by atoms with Gasteiger partial charge in [0.2, 0.25) is 0 Å². The van der Waals surface area contributed by atoms with E-state index in [0.29, 0.717) is 17.1 Å². The maximum absolute atomic E-state index is 11.7. The summed E-state index contributed by atoms with van der Waals surface area (Å²) in [7, 11) is 1.46. The highest BCUT2D eigenvalue weighted by Crippen LogP contribution is 2.27. The van der Waals surface area contributed by atoms with Gasteiger partial charge in [0, 0.05) is 5.56 Å². The van der Waals surface area contributed by atoms with Crippen molar-refractivity contribution in [1.29, 1.82) is 0 Å². The normalized spacial score (nSPS) is 10.6. The summed E-state index contributed by atoms with van der Waals surface area (Å²) >= 11 is 0. The lowest BCUT2D eigenvalue weighted by atomic mass is 10.1. The number of hydrazone groups is 1. The van der Waals surface area contributed by atoms with Crippen molar-refractivity contribution < 1.29 is 19.4 Å². The summed E-state index contributed by atoms with van der Waals surface area (Å²) in [5.41, 5.74) is 5.04. The number of carbonyl (C=O) groups excluding carboxylic acids is 1. The average Bonchev–Trinajstić information content (AvgIpc) is 2.57. The third-order valence-corrected chi connectivity index (χ3v) is 3.49. The summed E-state index contributed by atoms with van der Waals surface area (Å²) in [5.74, 6) is 0.530. The van der Waals surface area contributed by atoms with Crippen LogP contribution in [0.3, 0.4) is 0 Å². The van der Waals surface area contributed by atoms with E-state index in [4.69, 9.17) is 9.47 Å². The van der Waals surface area contributed by atoms with E-state index in [9.17, 15) is 9.90 Å². The number of phenolic OH excluding ortho intramolecular Hbond substituents is 1. The number of nitrogens with zero attached hydrogens (tertiary/aromatic N) is 1. The van der Waals surface area contributed by atoms with Crippen molar-refractivity contribution in [2.75, 3.05) is 13.7 Å². The summed E-state index contributed by atoms with van der Waals surface area (Å²) in [5, 5.41) is 13.7. The fourth-order valence-corrected chi connectivity index (χ4v) is 1.97. The molecule has 0 aliphatic heterocycles. The number of ether oxygens (including phenoxy) is 2. The molecule has 0 saturated carbocycles. The minimum absolute atomic E-state index is 0.0376. The number of para-hydroxylation sites is 1. The van der Waals surface area contributed by atoms with Crippen LogP contribution in [0, 0.1) is 13.8 Å². The number of aryl methyl sites for hydroxylation is 2. The Morgan fingerprint density at radius 1 is 1.25 bits per heavy atom. The number of aromatic hydroxyl groups is 1. The summed E-state index contributed by atoms with van der Waals surface area (Å²) < 4.78 is 10.4. The van der Waals surface area contributed by atoms with Crippen LogP contribution in [0.5, 0.6) is 17.2 Å². The van der Waals surface area contributed by atoms with E-state index < -0.39 is 5.91 Å². The van der Waals surface area contributed by atoms with Crippen LogP contribution in [0.15, 0.2) is 41.5 Å². The predicted octanol–water partition coefficient (Wildman–Crippen LogP) is 2.55. The molecule has 0 atom stereocenters. The maximum Gasteiger partial charge on any atom is 0.277 e. The number of benzene rings is 2. The lowest BCUT2D eigenvalue weighted by Crippen LogP contribution is -2.24. The topological polar surface area (TPSA) is 80.2 Å². The Balaban J connectivity index is 1.88. The number of carbonyl (C=O) groups is 1. The van der Waals surface area contributed by atoms with Gasteiger partial charge in [-0.05, 0) is 49.2 Å². The van der Waals surface area contributed by atoms with Crippen LogP contribution in [0.2, 0.25) is 0 Å². The first kappa shape index (κ1) is 17.3. The zero-order chi connectivity index (χ0) is 17.5. The monoisotopic (exact) mass is 328 g/mol. The second kappa shape index (κ2) is 8.01. The molecule has 0 aromatic heterocycles. The van der Waals surface area contributed by atoms with Crippen LogP contribution in [-0.2, 0) is 4.79 Å². The van der Waals surface area contributed by atoms with E-state index >= 15 is 0 Å². The summed E-state index contributed by atoms with van der Waals surface area (Å²) in [6, 6.07) is 10.6. The Hall–Kier alpha value is -3.02. The molecule has 0 radical (unpaired) electrons. The van der Waals surface area contributed by atoms with E-state index in [0.717, 1.165) is 11.1 Å². The number of rotatable bonds is 6. The average molecular weight is 328 g/mol. The van der Waals surface area contributed by atoms with Gasteiger partial charge >= 0.3 is 0 Å². The van der Waals surface area contributed by atoms with Gasteiger partial charge in [-0.25, -0.2) is 5.43 Å². The number of hydrogen-bond donors (Lipinski definition) is 2. The van der Waals surface area contributed by atoms with Crippen molar-refractivity contribution in [2.45, 2.75) is 13.8 Å². The van der Waals surface area contributed by atoms with E-state index in [1.165, 1.54) is 13.3 Å². The minimum Gasteiger partial charge on any atom is -0.504 e. The molecule has 1 amide bonds. The van der Waals surface area contributed by atoms with E-state index in [2.05, 4.69) is 10.5 Å². The van der Waals surface area contributed by atoms with E-state index in [1.54, 1.807) is 18.2 Å². The quantitative estimate of drug-likeness (QED) is 0.631. The second-order valence-corrected chi connectivity index (χ2v) is 5.23. The van der Waals surface area contributed by atoms with Gasteiger partial charge in [-0.1, -0.05) is 12.1 Å². The number of hydrogen-bond acceptors (Lipinski definition) is 5. The standard InChI is InChI=1S/C18H20N2O4/c1-12-7-8-15(9-13(12)2)24-11-17(21)20-19-10-14-5-4-6-16(23-3)18(14)22/h4-10,22H,11H2,1-3H3,(H,20,21)/b19-10-. The number of amides is 1. The molecule has 2 rings (SSSR count). The van der Waals surface area contributed by atoms with Crippen LogP contribution in [0.25, 0.3) is 0 Å². The molecule has 0 saturated heterocycles. The Kier molecular flexibility index (Phi) is 5.78. The van der Waals surface area contributed by atoms with Crippen LogP contribution in [0.1, 0.15) is 16.7 Å². The molecule has 0 heterocycles. The van der Waals surface area contributed by atoms with Gasteiger partial charge in [0.05, 0.1) is 13.3 Å². The lowest BCUT2D eigenvalue weighted by molar-refractivity contribution is -0.123. The molecular formula is C18H20N2O4. The van der Waals surface area contributed by atoms with Gasteiger partial charge in [-0.15, -0.1) is 0 Å². The Morgan fingerprint density at radius 3 is 2.75 bits per heavy atom. The van der Waals surface area contributed by atoms with Gasteiger partial charge in [0.15, 0.2) is 18.1 Å². The molecule has 6 nitrogen and oxygen atoms in total. The Bertz CT molecular complexity index is 757. The molecule has 0 fully saturated rings. The zero-order valence-electron chi connectivity index (χ0n) is 13.9. The van der Waals surface area contributed by atoms with Crippen molar-refractivity contribution in [3.05, 3.63) is 53.1 Å². The predicted molar refractivity (Wildman–Crippen MR) is 91.8 cm³/mol. The summed E-state index contributed by atoms with van der Waals surface area (Å²) in [6.07, 6.45) is 1.34. The van der Waals surface area contributed by atoms with Crippen molar-refractivity contribution in [3.63, 3.8) is 0 Å². The smallest absolute Gasteiger partial charge is 0.277 e. The molecule has 2 aromatic rings. The minimum atomic E-state index is -0.396. The first-order chi connectivity index (χ1) is 11.5. The highest BCUT2D eigenvalue weighted by Gasteiger charge is 2.06. The van der Waals surface area contributed by atoms with Crippen LogP contribution < -0.4 is 14.9 Å². The number of phenols is 1. The van der Waals surface area contributed by atoms with Crippen molar-refractivity contribution >= 4 is 12.1 Å². The highest BCUT2D eigenvalue weighted by atomic mass is 16.5. The van der Waals surface area contributed by atoms with E-state index in [-0.39, 0.29) is 12.4 Å². The highest BCUT2D eigenvalue weighted by molar-refractivity contribution is 5.86. The van der Waals surface area contributed by atoms with E-state index in [1.807, 2.05) is 32.0 Å². The molecule has 0 spiro atoms. The molecule has 0 aliphatic rings. The maximum atomic E-state index is 11.7. The molecule has 126 valence electrons. The third-order valence-electron chi connectivity index (χ3n) is 3.49. The van der Waals surface area contributed by atoms with Gasteiger partial charge in [-0.2, -0.15) is 5.10 Å². The van der Waals surface area contributed by atoms with Crippen molar-refractivity contribution in [2.24, 2.45) is 5.10 Å². The van der Waals surface area contributed by atoms with Crippen LogP contribution >= 0.6 is 0 Å². The van der Waals surface area contributed by atoms with Crippen LogP contribution in [0.4, 0.5) is 0 Å². The Labute approximate surface area is 140 Å². The van der Waals surface area contributed by atoms with Gasteiger partial charge in [-0.3, -0.25) is 4.79 Å². The van der Waals surface area contributed by atoms with Gasteiger partial charge < -0.3 is 14.6 Å². The fraction of sp³-hybridized carbons (Fsp3) is 0.222. The molecule has 2 aromatic carbocycles. The molecular weight excluding hydrogens is 308 g/mol. The number of nitrogens with one attached hydrogen (secondary N) is 1. The summed E-state index contributed by atoms with van der Waals surface area (Å²) in [4.78, 5) is 11.7. The molecule has 2 N–H and O–H groups in total. The number of methoxy groups -OCH3 is 1. The third kappa shape index (κ3) is 4.49. The zero-order valence-corrected chi connectivity index (χ0v) is 13.9. The molecule has 24 heavy (non-hydrogen) atoms. The molecule has 0 unspecified atom stereocenters. The largest absolute Gasteiger partial charge is 0.504 e. The van der Waals surface area contributed by atoms with Gasteiger partial charge in [0.25, 0.3) is 5.91 Å². The first-order valence-electron chi connectivity index (χ1n) is 7.39. The molecule has 0 aliphatic carbocycles. The first-order valence-corrected chi connectivity index (χ1v) is 7.39. The lowest BCUT2D eigenvalue weighted by Gasteiger charge is -2.07. The SMILES string of the molecule is COc1cccc(/C=N\NC(=O)COc2ccc(C)c(C)c2)c1O. The van der Waals surface area contributed by atoms with Crippen LogP contribution in [-0.4, -0.2) is 30.9 Å². The van der Waals surface area contributed by atoms with Gasteiger partial charge in [0.1, 0.15) is 5.75 Å². The van der Waals surface area contributed by atoms with Crippen molar-refractivity contribution in [1.82, 2.24) is 5.43 Å². The fourth-order valence-electron chi connectivity index (χ4n) is 1.97. The summed E-state index contributed by atoms with van der Waals surface area (Å²) in [6.45, 7) is 3.84. The second-order valence-electron chi connectivity index (χ2n) is 5.23.